The molecule has 0 saturated carbocycles. The first-order valence-corrected chi connectivity index (χ1v) is 6.04. The number of halogens is 2. The molecule has 0 N–H and O–H groups in total. The minimum atomic E-state index is -0.674. The summed E-state index contributed by atoms with van der Waals surface area (Å²) in [6.45, 7) is 6.48. The highest BCUT2D eigenvalue weighted by molar-refractivity contribution is 5.08. The van der Waals surface area contributed by atoms with Crippen molar-refractivity contribution in [2.24, 2.45) is 0 Å². The summed E-state index contributed by atoms with van der Waals surface area (Å²) in [6.07, 6.45) is 9.35. The Morgan fingerprint density at radius 3 is 2.35 bits per heavy atom. The van der Waals surface area contributed by atoms with Crippen molar-refractivity contribution in [1.82, 2.24) is 0 Å². The van der Waals surface area contributed by atoms with E-state index in [0.717, 1.165) is 25.7 Å². The molecule has 0 nitrogen and oxygen atoms in total. The maximum absolute atomic E-state index is 12.2. The first-order chi connectivity index (χ1) is 8.13. The lowest BCUT2D eigenvalue weighted by Gasteiger charge is -2.00. The van der Waals surface area contributed by atoms with E-state index in [1.807, 2.05) is 6.08 Å². The maximum atomic E-state index is 12.2. The summed E-state index contributed by atoms with van der Waals surface area (Å²) < 4.78 is 24.4. The van der Waals surface area contributed by atoms with E-state index in [4.69, 9.17) is 0 Å². The fourth-order valence-electron chi connectivity index (χ4n) is 1.40. The Labute approximate surface area is 104 Å². The average molecular weight is 241 g/mol. The standard InChI is InChI=1S/C15H23F2/c1-4-13(2)7-5-8-14(3)9-6-10-15(11-16)12-17/h4,8,10H,1,5-7,9,11-12H2,2-3H3/q+1/b14-8+. The van der Waals surface area contributed by atoms with Crippen LogP contribution in [0.4, 0.5) is 8.78 Å². The molecule has 0 amide bonds. The number of rotatable bonds is 9. The SMILES string of the molecule is C=C[C+](C)CC/C=C(\C)CCC=C(CF)CF. The lowest BCUT2D eigenvalue weighted by Crippen LogP contribution is -1.89. The van der Waals surface area contributed by atoms with Crippen LogP contribution in [0.3, 0.4) is 0 Å². The number of alkyl halides is 2. The summed E-state index contributed by atoms with van der Waals surface area (Å²) in [5.41, 5.74) is 1.53. The van der Waals surface area contributed by atoms with Crippen LogP contribution in [-0.2, 0) is 0 Å². The Morgan fingerprint density at radius 2 is 1.82 bits per heavy atom. The van der Waals surface area contributed by atoms with Crippen molar-refractivity contribution in [3.63, 3.8) is 0 Å². The second kappa shape index (κ2) is 10.1. The van der Waals surface area contributed by atoms with E-state index in [0.29, 0.717) is 0 Å². The molecule has 0 aliphatic heterocycles. The van der Waals surface area contributed by atoms with Crippen LogP contribution in [0.25, 0.3) is 0 Å². The fraction of sp³-hybridized carbons (Fsp3) is 0.533. The number of hydrogen-bond acceptors (Lipinski definition) is 0. The molecule has 0 rings (SSSR count). The summed E-state index contributed by atoms with van der Waals surface area (Å²) in [5.74, 6) is 1.28. The zero-order valence-electron chi connectivity index (χ0n) is 10.9. The maximum Gasteiger partial charge on any atom is 0.113 e. The van der Waals surface area contributed by atoms with Crippen LogP contribution in [0.1, 0.15) is 39.5 Å². The van der Waals surface area contributed by atoms with Crippen LogP contribution in [0.15, 0.2) is 36.0 Å². The molecular weight excluding hydrogens is 218 g/mol. The molecule has 0 saturated heterocycles. The van der Waals surface area contributed by atoms with Gasteiger partial charge in [-0.05, 0) is 31.8 Å². The normalized spacial score (nSPS) is 11.2. The number of hydrogen-bond donors (Lipinski definition) is 0. The summed E-state index contributed by atoms with van der Waals surface area (Å²) in [6, 6.07) is 0. The minimum Gasteiger partial charge on any atom is -0.246 e. The van der Waals surface area contributed by atoms with Crippen LogP contribution >= 0.6 is 0 Å². The van der Waals surface area contributed by atoms with Crippen molar-refractivity contribution in [2.45, 2.75) is 39.5 Å². The molecule has 17 heavy (non-hydrogen) atoms. The predicted molar refractivity (Wildman–Crippen MR) is 71.4 cm³/mol. The van der Waals surface area contributed by atoms with Gasteiger partial charge in [0.05, 0.1) is 12.0 Å². The molecule has 0 atom stereocenters. The van der Waals surface area contributed by atoms with Gasteiger partial charge < -0.3 is 0 Å². The number of allylic oxidation sites excluding steroid dienone is 5. The van der Waals surface area contributed by atoms with Crippen molar-refractivity contribution in [1.29, 1.82) is 0 Å². The molecule has 2 heteroatoms. The lowest BCUT2D eigenvalue weighted by atomic mass is 10.0. The minimum absolute atomic E-state index is 0.258. The molecule has 0 aromatic rings. The molecule has 0 bridgehead atoms. The van der Waals surface area contributed by atoms with Gasteiger partial charge in [0, 0.05) is 19.9 Å². The highest BCUT2D eigenvalue weighted by Crippen LogP contribution is 2.13. The van der Waals surface area contributed by atoms with E-state index in [9.17, 15) is 8.78 Å². The average Bonchev–Trinajstić information content (AvgIpc) is 2.34. The van der Waals surface area contributed by atoms with Gasteiger partial charge in [-0.25, -0.2) is 8.78 Å². The smallest absolute Gasteiger partial charge is 0.113 e. The second-order valence-electron chi connectivity index (χ2n) is 4.31. The summed E-state index contributed by atoms with van der Waals surface area (Å²) in [7, 11) is 0. The summed E-state index contributed by atoms with van der Waals surface area (Å²) >= 11 is 0. The van der Waals surface area contributed by atoms with E-state index in [-0.39, 0.29) is 5.57 Å². The second-order valence-corrected chi connectivity index (χ2v) is 4.31. The fourth-order valence-corrected chi connectivity index (χ4v) is 1.40. The largest absolute Gasteiger partial charge is 0.246 e. The van der Waals surface area contributed by atoms with Gasteiger partial charge in [0.15, 0.2) is 0 Å². The van der Waals surface area contributed by atoms with Gasteiger partial charge in [-0.2, -0.15) is 0 Å². The van der Waals surface area contributed by atoms with Crippen LogP contribution in [0, 0.1) is 5.92 Å². The van der Waals surface area contributed by atoms with E-state index < -0.39 is 13.3 Å². The van der Waals surface area contributed by atoms with E-state index in [1.54, 1.807) is 6.08 Å². The quantitative estimate of drug-likeness (QED) is 0.387. The van der Waals surface area contributed by atoms with E-state index in [1.165, 1.54) is 11.5 Å². The van der Waals surface area contributed by atoms with Gasteiger partial charge in [0.25, 0.3) is 0 Å². The van der Waals surface area contributed by atoms with Crippen LogP contribution in [0.5, 0.6) is 0 Å². The van der Waals surface area contributed by atoms with Crippen LogP contribution in [0.2, 0.25) is 0 Å². The Hall–Kier alpha value is -1.05. The Morgan fingerprint density at radius 1 is 1.18 bits per heavy atom. The van der Waals surface area contributed by atoms with Gasteiger partial charge in [-0.1, -0.05) is 17.7 Å². The summed E-state index contributed by atoms with van der Waals surface area (Å²) in [5, 5.41) is 0. The highest BCUT2D eigenvalue weighted by atomic mass is 19.1. The van der Waals surface area contributed by atoms with Gasteiger partial charge in [0.2, 0.25) is 0 Å². The molecule has 0 aliphatic carbocycles. The summed E-state index contributed by atoms with van der Waals surface area (Å²) in [4.78, 5) is 0. The third-order valence-electron chi connectivity index (χ3n) is 2.69. The van der Waals surface area contributed by atoms with Crippen molar-refractivity contribution >= 4 is 0 Å². The van der Waals surface area contributed by atoms with Gasteiger partial charge in [-0.15, -0.1) is 0 Å². The molecule has 96 valence electrons. The Bertz CT molecular complexity index is 258. The lowest BCUT2D eigenvalue weighted by molar-refractivity contribution is 0.473. The molecule has 0 fully saturated rings. The first kappa shape index (κ1) is 16.0. The van der Waals surface area contributed by atoms with Gasteiger partial charge >= 0.3 is 0 Å². The third-order valence-corrected chi connectivity index (χ3v) is 2.69. The molecule has 0 spiro atoms. The monoisotopic (exact) mass is 241 g/mol. The Kier molecular flexibility index (Phi) is 9.50. The van der Waals surface area contributed by atoms with Crippen molar-refractivity contribution in [2.75, 3.05) is 13.3 Å². The zero-order valence-corrected chi connectivity index (χ0v) is 10.9. The highest BCUT2D eigenvalue weighted by Gasteiger charge is 2.01. The molecule has 0 aliphatic rings. The molecule has 0 radical (unpaired) electrons. The van der Waals surface area contributed by atoms with Crippen molar-refractivity contribution in [3.8, 4) is 0 Å². The molecule has 0 heterocycles. The third kappa shape index (κ3) is 8.73. The van der Waals surface area contributed by atoms with E-state index >= 15 is 0 Å². The zero-order chi connectivity index (χ0) is 13.1. The predicted octanol–water partition coefficient (Wildman–Crippen LogP) is 5.14. The van der Waals surface area contributed by atoms with Gasteiger partial charge in [-0.3, -0.25) is 0 Å². The molecule has 0 aromatic heterocycles. The van der Waals surface area contributed by atoms with Crippen LogP contribution < -0.4 is 0 Å². The van der Waals surface area contributed by atoms with Crippen molar-refractivity contribution < 1.29 is 8.78 Å². The van der Waals surface area contributed by atoms with Crippen LogP contribution in [-0.4, -0.2) is 13.3 Å². The molecular formula is C15H23F2+. The van der Waals surface area contributed by atoms with Crippen molar-refractivity contribution in [3.05, 3.63) is 41.9 Å². The molecule has 0 aromatic carbocycles. The Balaban J connectivity index is 3.85. The topological polar surface area (TPSA) is 0 Å². The first-order valence-electron chi connectivity index (χ1n) is 6.04. The van der Waals surface area contributed by atoms with Gasteiger partial charge in [0.1, 0.15) is 13.3 Å². The molecule has 0 unspecified atom stereocenters. The van der Waals surface area contributed by atoms with E-state index in [2.05, 4.69) is 26.5 Å².